The first-order chi connectivity index (χ1) is 27.8. The van der Waals surface area contributed by atoms with Crippen LogP contribution in [-0.2, 0) is 22.6 Å². The standard InChI is InChI=1S/C52H84NO4/c1-6-8-10-12-14-16-18-20-22-24-26-28-30-32-34-36-51(54)56-49-39-38-48(40-41-53-46(4)42-45(3)43-47(53)5)44-50(49)57-52(55)37-35-33-31-29-27-25-23-21-19-17-15-13-11-9-7-2/h18-21,38-39,42-44H,6-17,22-37,40-41H2,1-5H3/q+1/b20-18-,21-19-. The highest BCUT2D eigenvalue weighted by molar-refractivity contribution is 5.76. The highest BCUT2D eigenvalue weighted by atomic mass is 16.6. The van der Waals surface area contributed by atoms with Crippen LogP contribution in [0.2, 0.25) is 0 Å². The van der Waals surface area contributed by atoms with Crippen molar-refractivity contribution in [2.24, 2.45) is 0 Å². The van der Waals surface area contributed by atoms with Gasteiger partial charge in [0.15, 0.2) is 29.4 Å². The number of hydrogen-bond acceptors (Lipinski definition) is 4. The van der Waals surface area contributed by atoms with E-state index in [2.05, 4.69) is 75.6 Å². The van der Waals surface area contributed by atoms with E-state index in [1.807, 2.05) is 12.1 Å². The van der Waals surface area contributed by atoms with Gasteiger partial charge in [-0.3, -0.25) is 9.59 Å². The van der Waals surface area contributed by atoms with Crippen molar-refractivity contribution in [3.8, 4) is 11.5 Å². The fourth-order valence-electron chi connectivity index (χ4n) is 7.63. The second kappa shape index (κ2) is 33.7. The van der Waals surface area contributed by atoms with E-state index in [1.54, 1.807) is 6.07 Å². The molecule has 0 radical (unpaired) electrons. The third kappa shape index (κ3) is 25.7. The molecule has 0 saturated heterocycles. The predicted octanol–water partition coefficient (Wildman–Crippen LogP) is 15.0. The number of pyridine rings is 1. The van der Waals surface area contributed by atoms with Gasteiger partial charge >= 0.3 is 11.9 Å². The minimum atomic E-state index is -0.265. The summed E-state index contributed by atoms with van der Waals surface area (Å²) in [5.74, 6) is 0.167. The number of esters is 2. The molecule has 0 fully saturated rings. The predicted molar refractivity (Wildman–Crippen MR) is 241 cm³/mol. The van der Waals surface area contributed by atoms with Crippen LogP contribution in [-0.4, -0.2) is 11.9 Å². The van der Waals surface area contributed by atoms with Crippen molar-refractivity contribution in [3.05, 3.63) is 77.2 Å². The Kier molecular flexibility index (Phi) is 29.5. The van der Waals surface area contributed by atoms with E-state index in [1.165, 1.54) is 145 Å². The molecule has 1 aromatic heterocycles. The number of hydrogen-bond donors (Lipinski definition) is 0. The van der Waals surface area contributed by atoms with E-state index in [4.69, 9.17) is 9.47 Å². The molecule has 2 aromatic rings. The molecule has 0 N–H and O–H groups in total. The molecule has 0 spiro atoms. The summed E-state index contributed by atoms with van der Waals surface area (Å²) in [5, 5.41) is 0. The van der Waals surface area contributed by atoms with Crippen LogP contribution in [0.5, 0.6) is 11.5 Å². The number of nitrogens with zero attached hydrogens (tertiary/aromatic N) is 1. The number of unbranched alkanes of at least 4 members (excludes halogenated alkanes) is 22. The Morgan fingerprint density at radius 1 is 0.491 bits per heavy atom. The average molecular weight is 787 g/mol. The van der Waals surface area contributed by atoms with Crippen LogP contribution in [0.3, 0.4) is 0 Å². The fourth-order valence-corrected chi connectivity index (χ4v) is 7.63. The molecule has 0 unspecified atom stereocenters. The van der Waals surface area contributed by atoms with Gasteiger partial charge < -0.3 is 9.47 Å². The maximum Gasteiger partial charge on any atom is 0.311 e. The number of aryl methyl sites for hydroxylation is 4. The van der Waals surface area contributed by atoms with Gasteiger partial charge in [-0.05, 0) is 94.4 Å². The van der Waals surface area contributed by atoms with Gasteiger partial charge in [-0.25, -0.2) is 0 Å². The number of benzene rings is 1. The van der Waals surface area contributed by atoms with Crippen molar-refractivity contribution in [3.63, 3.8) is 0 Å². The number of aromatic nitrogens is 1. The quantitative estimate of drug-likeness (QED) is 0.0230. The molecular formula is C52H84NO4+. The molecular weight excluding hydrogens is 703 g/mol. The molecule has 57 heavy (non-hydrogen) atoms. The SMILES string of the molecule is CCCCCCC/C=C\CCCCCCCCC(=O)Oc1ccc(CC[n+]2c(C)cc(C)cc2C)cc1OC(=O)CCCCCCCC/C=C\CCCCCCC. The summed E-state index contributed by atoms with van der Waals surface area (Å²) in [6.45, 7) is 11.8. The van der Waals surface area contributed by atoms with Crippen molar-refractivity contribution in [1.82, 2.24) is 0 Å². The second-order valence-corrected chi connectivity index (χ2v) is 16.6. The Labute approximate surface area is 350 Å². The Morgan fingerprint density at radius 3 is 1.32 bits per heavy atom. The molecule has 320 valence electrons. The minimum absolute atomic E-state index is 0.262. The second-order valence-electron chi connectivity index (χ2n) is 16.6. The third-order valence-corrected chi connectivity index (χ3v) is 11.1. The number of ether oxygens (including phenoxy) is 2. The van der Waals surface area contributed by atoms with Gasteiger partial charge in [0.05, 0.1) is 0 Å². The van der Waals surface area contributed by atoms with E-state index < -0.39 is 0 Å². The van der Waals surface area contributed by atoms with Crippen LogP contribution in [0.15, 0.2) is 54.6 Å². The van der Waals surface area contributed by atoms with Gasteiger partial charge in [-0.2, -0.15) is 4.57 Å². The van der Waals surface area contributed by atoms with Crippen LogP contribution in [0.1, 0.15) is 216 Å². The summed E-state index contributed by atoms with van der Waals surface area (Å²) in [7, 11) is 0. The van der Waals surface area contributed by atoms with E-state index in [-0.39, 0.29) is 11.9 Å². The summed E-state index contributed by atoms with van der Waals surface area (Å²) in [5.41, 5.74) is 4.75. The lowest BCUT2D eigenvalue weighted by Gasteiger charge is -2.13. The summed E-state index contributed by atoms with van der Waals surface area (Å²) < 4.78 is 14.1. The average Bonchev–Trinajstić information content (AvgIpc) is 3.18. The molecule has 0 saturated carbocycles. The van der Waals surface area contributed by atoms with E-state index >= 15 is 0 Å². The molecule has 0 aliphatic carbocycles. The van der Waals surface area contributed by atoms with Crippen molar-refractivity contribution < 1.29 is 23.6 Å². The Morgan fingerprint density at radius 2 is 0.877 bits per heavy atom. The highest BCUT2D eigenvalue weighted by Crippen LogP contribution is 2.30. The summed E-state index contributed by atoms with van der Waals surface area (Å²) >= 11 is 0. The Balaban J connectivity index is 1.76. The molecule has 0 amide bonds. The molecule has 0 aliphatic rings. The zero-order chi connectivity index (χ0) is 41.2. The maximum atomic E-state index is 13.0. The monoisotopic (exact) mass is 787 g/mol. The molecule has 2 rings (SSSR count). The topological polar surface area (TPSA) is 56.5 Å². The summed E-state index contributed by atoms with van der Waals surface area (Å²) in [6.07, 6.45) is 42.5. The molecule has 1 aromatic carbocycles. The normalized spacial score (nSPS) is 11.6. The lowest BCUT2D eigenvalue weighted by atomic mass is 10.1. The number of allylic oxidation sites excluding steroid dienone is 4. The lowest BCUT2D eigenvalue weighted by Crippen LogP contribution is -2.41. The molecule has 0 aliphatic heterocycles. The number of rotatable bonds is 35. The van der Waals surface area contributed by atoms with E-state index in [9.17, 15) is 9.59 Å². The van der Waals surface area contributed by atoms with Gasteiger partial charge in [0, 0.05) is 45.2 Å². The van der Waals surface area contributed by atoms with Gasteiger partial charge in [0.2, 0.25) is 0 Å². The molecule has 0 atom stereocenters. The van der Waals surface area contributed by atoms with Crippen molar-refractivity contribution in [2.45, 2.75) is 227 Å². The largest absolute Gasteiger partial charge is 0.423 e. The first-order valence-electron chi connectivity index (χ1n) is 23.7. The van der Waals surface area contributed by atoms with Crippen LogP contribution >= 0.6 is 0 Å². The summed E-state index contributed by atoms with van der Waals surface area (Å²) in [4.78, 5) is 26.0. The van der Waals surface area contributed by atoms with Crippen LogP contribution in [0.4, 0.5) is 0 Å². The van der Waals surface area contributed by atoms with Gasteiger partial charge in [0.25, 0.3) is 0 Å². The van der Waals surface area contributed by atoms with Crippen LogP contribution in [0.25, 0.3) is 0 Å². The van der Waals surface area contributed by atoms with Crippen LogP contribution in [0, 0.1) is 20.8 Å². The van der Waals surface area contributed by atoms with Crippen LogP contribution < -0.4 is 14.0 Å². The van der Waals surface area contributed by atoms with Gasteiger partial charge in [-0.15, -0.1) is 0 Å². The van der Waals surface area contributed by atoms with Crippen molar-refractivity contribution >= 4 is 11.9 Å². The smallest absolute Gasteiger partial charge is 0.311 e. The molecule has 1 heterocycles. The van der Waals surface area contributed by atoms with Crippen molar-refractivity contribution in [1.29, 1.82) is 0 Å². The van der Waals surface area contributed by atoms with E-state index in [0.717, 1.165) is 57.1 Å². The molecule has 0 bridgehead atoms. The third-order valence-electron chi connectivity index (χ3n) is 11.1. The lowest BCUT2D eigenvalue weighted by molar-refractivity contribution is -0.708. The first-order valence-corrected chi connectivity index (χ1v) is 23.7. The van der Waals surface area contributed by atoms with Gasteiger partial charge in [-0.1, -0.05) is 147 Å². The number of carbonyl (C=O) groups is 2. The van der Waals surface area contributed by atoms with E-state index in [0.29, 0.717) is 24.3 Å². The summed E-state index contributed by atoms with van der Waals surface area (Å²) in [6, 6.07) is 10.1. The molecule has 5 nitrogen and oxygen atoms in total. The zero-order valence-corrected chi connectivity index (χ0v) is 37.5. The zero-order valence-electron chi connectivity index (χ0n) is 37.5. The fraction of sp³-hybridized carbons (Fsp3) is 0.673. The minimum Gasteiger partial charge on any atom is -0.423 e. The first kappa shape index (κ1) is 49.9. The Bertz CT molecular complexity index is 1390. The number of carbonyl (C=O) groups excluding carboxylic acids is 2. The Hall–Kier alpha value is -3.21. The van der Waals surface area contributed by atoms with Gasteiger partial charge in [0.1, 0.15) is 0 Å². The van der Waals surface area contributed by atoms with Crippen molar-refractivity contribution in [2.75, 3.05) is 0 Å². The highest BCUT2D eigenvalue weighted by Gasteiger charge is 2.17. The maximum absolute atomic E-state index is 13.0. The molecule has 5 heteroatoms.